The number of aryl methyl sites for hydroxylation is 1. The van der Waals surface area contributed by atoms with Crippen molar-refractivity contribution in [1.82, 2.24) is 4.31 Å². The molecule has 1 fully saturated rings. The highest BCUT2D eigenvalue weighted by Gasteiger charge is 2.30. The lowest BCUT2D eigenvalue weighted by Crippen LogP contribution is -2.42. The Morgan fingerprint density at radius 2 is 1.74 bits per heavy atom. The van der Waals surface area contributed by atoms with Gasteiger partial charge >= 0.3 is 0 Å². The Kier molecular flexibility index (Phi) is 5.98. The van der Waals surface area contributed by atoms with Gasteiger partial charge in [-0.25, -0.2) is 17.2 Å². The van der Waals surface area contributed by atoms with Crippen molar-refractivity contribution in [2.45, 2.75) is 30.6 Å². The molecule has 0 aromatic heterocycles. The van der Waals surface area contributed by atoms with Crippen LogP contribution in [0.1, 0.15) is 24.8 Å². The van der Waals surface area contributed by atoms with E-state index < -0.39 is 21.7 Å². The van der Waals surface area contributed by atoms with Crippen LogP contribution in [0.15, 0.2) is 41.3 Å². The highest BCUT2D eigenvalue weighted by Crippen LogP contribution is 2.31. The number of nitrogens with zero attached hydrogens (tertiary/aromatic N) is 3. The number of carbonyl (C=O) groups is 1. The molecule has 2 heterocycles. The van der Waals surface area contributed by atoms with Crippen LogP contribution in [-0.4, -0.2) is 51.9 Å². The molecular weight excluding hydrogens is 424 g/mol. The van der Waals surface area contributed by atoms with Crippen LogP contribution in [0, 0.1) is 11.6 Å². The van der Waals surface area contributed by atoms with Crippen molar-refractivity contribution in [3.8, 4) is 0 Å². The van der Waals surface area contributed by atoms with E-state index in [1.807, 2.05) is 0 Å². The summed E-state index contributed by atoms with van der Waals surface area (Å²) in [6, 6.07) is 8.46. The third kappa shape index (κ3) is 4.29. The molecule has 0 unspecified atom stereocenters. The molecule has 0 atom stereocenters. The predicted molar refractivity (Wildman–Crippen MR) is 115 cm³/mol. The summed E-state index contributed by atoms with van der Waals surface area (Å²) >= 11 is 0. The molecule has 9 heteroatoms. The molecule has 0 bridgehead atoms. The molecule has 166 valence electrons. The molecular formula is C22H25F2N3O3S. The molecule has 4 rings (SSSR count). The first-order valence-electron chi connectivity index (χ1n) is 10.4. The summed E-state index contributed by atoms with van der Waals surface area (Å²) in [6.45, 7) is 1.59. The number of sulfonamides is 1. The summed E-state index contributed by atoms with van der Waals surface area (Å²) in [4.78, 5) is 16.4. The number of hydrogen-bond acceptors (Lipinski definition) is 4. The molecule has 0 spiro atoms. The zero-order valence-electron chi connectivity index (χ0n) is 17.4. The van der Waals surface area contributed by atoms with Gasteiger partial charge in [0, 0.05) is 44.1 Å². The number of halogens is 2. The number of rotatable bonds is 5. The van der Waals surface area contributed by atoms with Crippen molar-refractivity contribution in [3.63, 3.8) is 0 Å². The molecule has 0 radical (unpaired) electrons. The Labute approximate surface area is 181 Å². The van der Waals surface area contributed by atoms with Gasteiger partial charge in [-0.3, -0.25) is 4.79 Å². The molecule has 2 aromatic rings. The van der Waals surface area contributed by atoms with Crippen LogP contribution in [0.25, 0.3) is 0 Å². The number of anilines is 2. The molecule has 1 saturated heterocycles. The van der Waals surface area contributed by atoms with Gasteiger partial charge in [-0.1, -0.05) is 0 Å². The van der Waals surface area contributed by atoms with Crippen LogP contribution in [-0.2, 0) is 21.2 Å². The molecule has 2 aliphatic heterocycles. The first kappa shape index (κ1) is 21.7. The molecule has 0 aliphatic carbocycles. The van der Waals surface area contributed by atoms with E-state index in [2.05, 4.69) is 0 Å². The van der Waals surface area contributed by atoms with Gasteiger partial charge in [0.1, 0.15) is 0 Å². The minimum absolute atomic E-state index is 0.0155. The van der Waals surface area contributed by atoms with E-state index in [1.54, 1.807) is 35.0 Å². The predicted octanol–water partition coefficient (Wildman–Crippen LogP) is 3.16. The summed E-state index contributed by atoms with van der Waals surface area (Å²) in [7, 11) is -1.88. The molecule has 31 heavy (non-hydrogen) atoms. The van der Waals surface area contributed by atoms with E-state index in [1.165, 1.54) is 10.4 Å². The van der Waals surface area contributed by atoms with Crippen LogP contribution in [0.4, 0.5) is 20.2 Å². The van der Waals surface area contributed by atoms with Gasteiger partial charge in [-0.05, 0) is 61.6 Å². The molecule has 0 N–H and O–H groups in total. The highest BCUT2D eigenvalue weighted by molar-refractivity contribution is 7.89. The topological polar surface area (TPSA) is 60.9 Å². The van der Waals surface area contributed by atoms with Gasteiger partial charge in [0.2, 0.25) is 15.9 Å². The summed E-state index contributed by atoms with van der Waals surface area (Å²) in [6.07, 6.45) is 3.16. The van der Waals surface area contributed by atoms with Crippen LogP contribution >= 0.6 is 0 Å². The quantitative estimate of drug-likeness (QED) is 0.704. The van der Waals surface area contributed by atoms with Gasteiger partial charge < -0.3 is 9.80 Å². The average Bonchev–Trinajstić information content (AvgIpc) is 3.30. The van der Waals surface area contributed by atoms with Crippen LogP contribution in [0.5, 0.6) is 0 Å². The lowest BCUT2D eigenvalue weighted by Gasteiger charge is -2.32. The van der Waals surface area contributed by atoms with Crippen molar-refractivity contribution >= 4 is 27.3 Å². The number of hydrogen-bond donors (Lipinski definition) is 0. The second-order valence-corrected chi connectivity index (χ2v) is 9.94. The largest absolute Gasteiger partial charge is 0.365 e. The summed E-state index contributed by atoms with van der Waals surface area (Å²) in [5, 5.41) is 0. The first-order valence-corrected chi connectivity index (χ1v) is 11.8. The molecule has 6 nitrogen and oxygen atoms in total. The van der Waals surface area contributed by atoms with Crippen molar-refractivity contribution in [3.05, 3.63) is 53.6 Å². The summed E-state index contributed by atoms with van der Waals surface area (Å²) in [5.74, 6) is -2.09. The van der Waals surface area contributed by atoms with E-state index in [0.29, 0.717) is 37.4 Å². The number of benzene rings is 2. The highest BCUT2D eigenvalue weighted by atomic mass is 32.2. The van der Waals surface area contributed by atoms with Gasteiger partial charge in [-0.2, -0.15) is 4.31 Å². The zero-order valence-corrected chi connectivity index (χ0v) is 18.2. The lowest BCUT2D eigenvalue weighted by atomic mass is 10.0. The van der Waals surface area contributed by atoms with Crippen molar-refractivity contribution in [2.75, 3.05) is 43.0 Å². The summed E-state index contributed by atoms with van der Waals surface area (Å²) in [5.41, 5.74) is 1.93. The fourth-order valence-corrected chi connectivity index (χ4v) is 5.74. The van der Waals surface area contributed by atoms with Gasteiger partial charge in [0.25, 0.3) is 0 Å². The Balaban J connectivity index is 1.53. The van der Waals surface area contributed by atoms with Crippen LogP contribution in [0.2, 0.25) is 0 Å². The molecule has 1 amide bonds. The smallest absolute Gasteiger partial charge is 0.246 e. The number of fused-ring (bicyclic) bond motifs is 1. The number of carbonyl (C=O) groups excluding carboxylic acids is 1. The monoisotopic (exact) mass is 449 g/mol. The van der Waals surface area contributed by atoms with Crippen LogP contribution in [0.3, 0.4) is 0 Å². The average molecular weight is 450 g/mol. The van der Waals surface area contributed by atoms with Gasteiger partial charge in [-0.15, -0.1) is 0 Å². The number of amides is 1. The molecule has 2 aliphatic rings. The van der Waals surface area contributed by atoms with E-state index in [0.717, 1.165) is 37.0 Å². The Hall–Kier alpha value is -2.52. The Morgan fingerprint density at radius 1 is 1.00 bits per heavy atom. The normalized spacial score (nSPS) is 16.9. The third-order valence-corrected chi connectivity index (χ3v) is 7.78. The van der Waals surface area contributed by atoms with Crippen molar-refractivity contribution in [2.24, 2.45) is 0 Å². The second-order valence-electron chi connectivity index (χ2n) is 8.01. The second kappa shape index (κ2) is 8.55. The number of likely N-dealkylation sites (N-methyl/N-ethyl adjacent to an activating group) is 1. The van der Waals surface area contributed by atoms with Gasteiger partial charge in [0.15, 0.2) is 11.6 Å². The molecule has 2 aromatic carbocycles. The third-order valence-electron chi connectivity index (χ3n) is 5.89. The molecule has 0 saturated carbocycles. The minimum atomic E-state index is -3.52. The summed E-state index contributed by atoms with van der Waals surface area (Å²) < 4.78 is 54.0. The SMILES string of the molecule is CN(CC(=O)N1CCCc2cc(S(=O)(=O)N3CCCC3)ccc21)c1ccc(F)c(F)c1. The fourth-order valence-electron chi connectivity index (χ4n) is 4.17. The van der Waals surface area contributed by atoms with E-state index in [9.17, 15) is 22.0 Å². The van der Waals surface area contributed by atoms with Crippen molar-refractivity contribution in [1.29, 1.82) is 0 Å². The van der Waals surface area contributed by atoms with Crippen molar-refractivity contribution < 1.29 is 22.0 Å². The fraction of sp³-hybridized carbons (Fsp3) is 0.409. The zero-order chi connectivity index (χ0) is 22.2. The lowest BCUT2D eigenvalue weighted by molar-refractivity contribution is -0.117. The van der Waals surface area contributed by atoms with E-state index in [-0.39, 0.29) is 17.3 Å². The first-order chi connectivity index (χ1) is 14.8. The maximum atomic E-state index is 13.5. The van der Waals surface area contributed by atoms with Gasteiger partial charge in [0.05, 0.1) is 11.4 Å². The van der Waals surface area contributed by atoms with Crippen LogP contribution < -0.4 is 9.80 Å². The Bertz CT molecular complexity index is 1100. The van der Waals surface area contributed by atoms with E-state index >= 15 is 0 Å². The maximum absolute atomic E-state index is 13.5. The maximum Gasteiger partial charge on any atom is 0.246 e. The standard InChI is InChI=1S/C22H25F2N3O3S/c1-25(17-6-8-19(23)20(24)14-17)15-22(28)27-12-4-5-16-13-18(7-9-21(16)27)31(29,30)26-10-2-3-11-26/h6-9,13-14H,2-5,10-12,15H2,1H3. The minimum Gasteiger partial charge on any atom is -0.365 e. The Morgan fingerprint density at radius 3 is 2.45 bits per heavy atom. The van der Waals surface area contributed by atoms with E-state index in [4.69, 9.17) is 0 Å².